The van der Waals surface area contributed by atoms with Crippen molar-refractivity contribution in [1.29, 1.82) is 0 Å². The number of aromatic nitrogens is 1. The van der Waals surface area contributed by atoms with E-state index in [2.05, 4.69) is 40.8 Å². The Labute approximate surface area is 170 Å². The molecule has 3 heterocycles. The minimum Gasteiger partial charge on any atom is -0.352 e. The molecular weight excluding hydrogens is 372 g/mol. The second kappa shape index (κ2) is 7.72. The average molecular weight is 401 g/mol. The van der Waals surface area contributed by atoms with E-state index in [-0.39, 0.29) is 17.9 Å². The first kappa shape index (κ1) is 19.2. The maximum absolute atomic E-state index is 13.2. The van der Waals surface area contributed by atoms with Gasteiger partial charge in [-0.05, 0) is 57.2 Å². The zero-order valence-electron chi connectivity index (χ0n) is 16.8. The smallest absolute Gasteiger partial charge is 0.256 e. The van der Waals surface area contributed by atoms with Crippen LogP contribution in [0.15, 0.2) is 23.6 Å². The molecule has 4 rings (SSSR count). The lowest BCUT2D eigenvalue weighted by atomic mass is 10.2. The summed E-state index contributed by atoms with van der Waals surface area (Å²) in [5.74, 6) is 0.194. The number of carbonyl (C=O) groups excluding carboxylic acids is 2. The zero-order chi connectivity index (χ0) is 19.8. The Morgan fingerprint density at radius 2 is 1.71 bits per heavy atom. The molecule has 2 aromatic heterocycles. The summed E-state index contributed by atoms with van der Waals surface area (Å²) in [4.78, 5) is 29.6. The first-order valence-electron chi connectivity index (χ1n) is 10.0. The lowest BCUT2D eigenvalue weighted by Gasteiger charge is -2.37. The third kappa shape index (κ3) is 3.73. The maximum atomic E-state index is 13.2. The first-order valence-corrected chi connectivity index (χ1v) is 10.9. The number of amides is 2. The molecule has 0 radical (unpaired) electrons. The van der Waals surface area contributed by atoms with Crippen LogP contribution in [0.4, 0.5) is 0 Å². The van der Waals surface area contributed by atoms with E-state index >= 15 is 0 Å². The molecule has 0 spiro atoms. The van der Waals surface area contributed by atoms with Crippen LogP contribution in [0.5, 0.6) is 0 Å². The highest BCUT2D eigenvalue weighted by molar-refractivity contribution is 7.13. The van der Waals surface area contributed by atoms with Gasteiger partial charge in [-0.25, -0.2) is 0 Å². The molecule has 7 heteroatoms. The number of aryl methyl sites for hydroxylation is 2. The van der Waals surface area contributed by atoms with Gasteiger partial charge in [-0.1, -0.05) is 0 Å². The molecule has 6 nitrogen and oxygen atoms in total. The van der Waals surface area contributed by atoms with Crippen molar-refractivity contribution in [2.45, 2.75) is 45.7 Å². The highest BCUT2D eigenvalue weighted by atomic mass is 32.1. The third-order valence-corrected chi connectivity index (χ3v) is 6.70. The van der Waals surface area contributed by atoms with Crippen LogP contribution in [0.3, 0.4) is 0 Å². The van der Waals surface area contributed by atoms with Crippen LogP contribution < -0.4 is 5.32 Å². The Bertz CT molecular complexity index is 855. The number of hydrogen-bond acceptors (Lipinski definition) is 4. The molecule has 28 heavy (non-hydrogen) atoms. The van der Waals surface area contributed by atoms with Gasteiger partial charge in [-0.15, -0.1) is 11.3 Å². The summed E-state index contributed by atoms with van der Waals surface area (Å²) in [6.45, 7) is 8.85. The molecule has 1 unspecified atom stereocenters. The Kier molecular flexibility index (Phi) is 5.29. The second-order valence-corrected chi connectivity index (χ2v) is 8.77. The van der Waals surface area contributed by atoms with Crippen molar-refractivity contribution in [2.24, 2.45) is 0 Å². The van der Waals surface area contributed by atoms with Crippen molar-refractivity contribution in [2.75, 3.05) is 26.2 Å². The summed E-state index contributed by atoms with van der Waals surface area (Å²) in [7, 11) is 0. The molecule has 2 amide bonds. The molecule has 2 aromatic rings. The summed E-state index contributed by atoms with van der Waals surface area (Å²) in [6.07, 6.45) is 2.20. The highest BCUT2D eigenvalue weighted by Crippen LogP contribution is 2.27. The number of thiophene rings is 1. The zero-order valence-corrected chi connectivity index (χ0v) is 17.6. The minimum atomic E-state index is -0.139. The highest BCUT2D eigenvalue weighted by Gasteiger charge is 2.31. The predicted octanol–water partition coefficient (Wildman–Crippen LogP) is 2.58. The van der Waals surface area contributed by atoms with Crippen molar-refractivity contribution >= 4 is 23.2 Å². The first-order chi connectivity index (χ1) is 13.5. The topological polar surface area (TPSA) is 57.6 Å². The van der Waals surface area contributed by atoms with E-state index in [1.54, 1.807) is 11.3 Å². The third-order valence-electron chi connectivity index (χ3n) is 5.80. The fourth-order valence-corrected chi connectivity index (χ4v) is 4.83. The number of nitrogens with one attached hydrogen (secondary N) is 1. The number of nitrogens with zero attached hydrogens (tertiary/aromatic N) is 3. The van der Waals surface area contributed by atoms with Gasteiger partial charge in [0, 0.05) is 43.6 Å². The predicted molar refractivity (Wildman–Crippen MR) is 111 cm³/mol. The maximum Gasteiger partial charge on any atom is 0.256 e. The SMILES string of the molecule is Cc1ccc(C)n1-c1sccc1C(=O)N1CCN(C(C)C(=O)NC2CC2)CC1. The van der Waals surface area contributed by atoms with Gasteiger partial charge >= 0.3 is 0 Å². The second-order valence-electron chi connectivity index (χ2n) is 7.88. The van der Waals surface area contributed by atoms with E-state index in [0.29, 0.717) is 19.1 Å². The van der Waals surface area contributed by atoms with Crippen molar-refractivity contribution in [3.63, 3.8) is 0 Å². The van der Waals surface area contributed by atoms with E-state index in [4.69, 9.17) is 0 Å². The Balaban J connectivity index is 1.41. The van der Waals surface area contributed by atoms with Gasteiger partial charge < -0.3 is 14.8 Å². The number of rotatable bonds is 5. The summed E-state index contributed by atoms with van der Waals surface area (Å²) in [5.41, 5.74) is 3.03. The molecule has 1 saturated carbocycles. The average Bonchev–Trinajstić information content (AvgIpc) is 3.27. The van der Waals surface area contributed by atoms with E-state index in [1.165, 1.54) is 0 Å². The summed E-state index contributed by atoms with van der Waals surface area (Å²) in [5, 5.41) is 6.06. The van der Waals surface area contributed by atoms with Gasteiger partial charge in [0.25, 0.3) is 5.91 Å². The van der Waals surface area contributed by atoms with Crippen LogP contribution in [0.1, 0.15) is 41.5 Å². The molecule has 2 fully saturated rings. The molecule has 0 aromatic carbocycles. The monoisotopic (exact) mass is 400 g/mol. The van der Waals surface area contributed by atoms with Gasteiger partial charge in [0.2, 0.25) is 5.91 Å². The Hall–Kier alpha value is -2.12. The van der Waals surface area contributed by atoms with Gasteiger partial charge in [-0.2, -0.15) is 0 Å². The molecule has 1 N–H and O–H groups in total. The quantitative estimate of drug-likeness (QED) is 0.839. The molecule has 150 valence electrons. The van der Waals surface area contributed by atoms with Crippen LogP contribution >= 0.6 is 11.3 Å². The van der Waals surface area contributed by atoms with Crippen LogP contribution in [0.25, 0.3) is 5.00 Å². The number of carbonyl (C=O) groups is 2. The largest absolute Gasteiger partial charge is 0.352 e. The standard InChI is InChI=1S/C21H28N4O2S/c1-14-4-5-15(2)25(14)21-18(8-13-28-21)20(27)24-11-9-23(10-12-24)16(3)19(26)22-17-6-7-17/h4-5,8,13,16-17H,6-7,9-12H2,1-3H3,(H,22,26). The van der Waals surface area contributed by atoms with E-state index in [0.717, 1.165) is 47.9 Å². The van der Waals surface area contributed by atoms with Crippen LogP contribution in [-0.4, -0.2) is 64.4 Å². The molecule has 0 bridgehead atoms. The number of piperazine rings is 1. The molecule has 1 atom stereocenters. The van der Waals surface area contributed by atoms with Gasteiger partial charge in [0.15, 0.2) is 0 Å². The fourth-order valence-electron chi connectivity index (χ4n) is 3.82. The minimum absolute atomic E-state index is 0.0819. The molecule has 1 saturated heterocycles. The van der Waals surface area contributed by atoms with Crippen molar-refractivity contribution < 1.29 is 9.59 Å². The fraction of sp³-hybridized carbons (Fsp3) is 0.524. The van der Waals surface area contributed by atoms with E-state index in [1.807, 2.05) is 23.3 Å². The summed E-state index contributed by atoms with van der Waals surface area (Å²) in [6, 6.07) is 6.33. The Morgan fingerprint density at radius 1 is 1.07 bits per heavy atom. The lowest BCUT2D eigenvalue weighted by Crippen LogP contribution is -2.55. The molecular formula is C21H28N4O2S. The van der Waals surface area contributed by atoms with Gasteiger partial charge in [-0.3, -0.25) is 14.5 Å². The molecule has 1 aliphatic carbocycles. The number of hydrogen-bond donors (Lipinski definition) is 1. The van der Waals surface area contributed by atoms with Crippen LogP contribution in [-0.2, 0) is 4.79 Å². The van der Waals surface area contributed by atoms with E-state index < -0.39 is 0 Å². The van der Waals surface area contributed by atoms with Gasteiger partial charge in [0.1, 0.15) is 5.00 Å². The summed E-state index contributed by atoms with van der Waals surface area (Å²) >= 11 is 1.60. The molecule has 2 aliphatic rings. The normalized spacial score (nSPS) is 18.9. The van der Waals surface area contributed by atoms with Crippen molar-refractivity contribution in [3.8, 4) is 5.00 Å². The van der Waals surface area contributed by atoms with Crippen LogP contribution in [0, 0.1) is 13.8 Å². The van der Waals surface area contributed by atoms with Crippen molar-refractivity contribution in [3.05, 3.63) is 40.5 Å². The van der Waals surface area contributed by atoms with Crippen molar-refractivity contribution in [1.82, 2.24) is 19.7 Å². The van der Waals surface area contributed by atoms with Gasteiger partial charge in [0.05, 0.1) is 11.6 Å². The Morgan fingerprint density at radius 3 is 2.32 bits per heavy atom. The summed E-state index contributed by atoms with van der Waals surface area (Å²) < 4.78 is 2.15. The lowest BCUT2D eigenvalue weighted by molar-refractivity contribution is -0.126. The van der Waals surface area contributed by atoms with E-state index in [9.17, 15) is 9.59 Å². The molecule has 1 aliphatic heterocycles. The van der Waals surface area contributed by atoms with Crippen LogP contribution in [0.2, 0.25) is 0 Å².